The molecule has 3 heterocycles. The minimum Gasteiger partial charge on any atom is -0.612 e. The molecule has 0 amide bonds. The number of benzene rings is 1. The third-order valence-electron chi connectivity index (χ3n) is 4.56. The molecule has 160 valence electrons. The first-order valence-electron chi connectivity index (χ1n) is 9.30. The van der Waals surface area contributed by atoms with E-state index in [2.05, 4.69) is 30.7 Å². The molecule has 4 aromatic rings. The van der Waals surface area contributed by atoms with E-state index in [1.165, 1.54) is 4.68 Å². The van der Waals surface area contributed by atoms with Crippen molar-refractivity contribution in [2.45, 2.75) is 18.7 Å². The van der Waals surface area contributed by atoms with Crippen LogP contribution in [0.2, 0.25) is 5.02 Å². The fourth-order valence-corrected chi connectivity index (χ4v) is 4.24. The zero-order valence-electron chi connectivity index (χ0n) is 17.3. The fourth-order valence-electron chi connectivity index (χ4n) is 3.28. The van der Waals surface area contributed by atoms with Crippen LogP contribution >= 0.6 is 11.6 Å². The molecule has 31 heavy (non-hydrogen) atoms. The summed E-state index contributed by atoms with van der Waals surface area (Å²) in [6, 6.07) is 8.57. The van der Waals surface area contributed by atoms with E-state index in [4.69, 9.17) is 11.6 Å². The Balaban J connectivity index is 1.83. The highest BCUT2D eigenvalue weighted by molar-refractivity contribution is 7.90. The third kappa shape index (κ3) is 4.36. The maximum absolute atomic E-state index is 12.7. The van der Waals surface area contributed by atoms with Gasteiger partial charge in [-0.05, 0) is 37.2 Å². The lowest BCUT2D eigenvalue weighted by Crippen LogP contribution is -2.12. The van der Waals surface area contributed by atoms with Crippen molar-refractivity contribution in [2.75, 3.05) is 16.9 Å². The lowest BCUT2D eigenvalue weighted by molar-refractivity contribution is 0.601. The average Bonchev–Trinajstić information content (AvgIpc) is 2.96. The summed E-state index contributed by atoms with van der Waals surface area (Å²) in [4.78, 5) is 26.4. The number of anilines is 4. The molecule has 3 N–H and O–H groups in total. The SMILES string of the molecule is Cc1cc(Nc2cc(Nc3ccc(Cl)cc3[S+](C)[O-])c3c(=O)n(C)[nH]c3n2)nc(C)n1. The number of halogens is 1. The Morgan fingerprint density at radius 3 is 2.52 bits per heavy atom. The summed E-state index contributed by atoms with van der Waals surface area (Å²) >= 11 is 4.79. The van der Waals surface area contributed by atoms with Crippen LogP contribution < -0.4 is 16.2 Å². The average molecular weight is 458 g/mol. The van der Waals surface area contributed by atoms with Crippen LogP contribution in [0.5, 0.6) is 0 Å². The van der Waals surface area contributed by atoms with E-state index < -0.39 is 11.2 Å². The summed E-state index contributed by atoms with van der Waals surface area (Å²) < 4.78 is 13.6. The van der Waals surface area contributed by atoms with Gasteiger partial charge in [-0.3, -0.25) is 14.6 Å². The molecular weight excluding hydrogens is 438 g/mol. The molecule has 9 nitrogen and oxygen atoms in total. The van der Waals surface area contributed by atoms with Crippen LogP contribution in [0.1, 0.15) is 11.5 Å². The summed E-state index contributed by atoms with van der Waals surface area (Å²) in [7, 11) is 1.62. The van der Waals surface area contributed by atoms with Crippen LogP contribution in [0, 0.1) is 13.8 Å². The quantitative estimate of drug-likeness (QED) is 0.391. The van der Waals surface area contributed by atoms with Gasteiger partial charge in [0.05, 0.1) is 11.4 Å². The van der Waals surface area contributed by atoms with Crippen LogP contribution in [-0.2, 0) is 18.2 Å². The molecule has 0 spiro atoms. The zero-order valence-corrected chi connectivity index (χ0v) is 18.9. The van der Waals surface area contributed by atoms with Crippen LogP contribution in [0.4, 0.5) is 23.0 Å². The van der Waals surface area contributed by atoms with E-state index in [9.17, 15) is 9.35 Å². The number of nitrogens with zero attached hydrogens (tertiary/aromatic N) is 4. The van der Waals surface area contributed by atoms with Gasteiger partial charge in [-0.1, -0.05) is 11.6 Å². The number of nitrogens with one attached hydrogen (secondary N) is 3. The first-order chi connectivity index (χ1) is 14.7. The lowest BCUT2D eigenvalue weighted by Gasteiger charge is -2.14. The van der Waals surface area contributed by atoms with E-state index >= 15 is 0 Å². The number of rotatable bonds is 5. The topological polar surface area (TPSA) is 124 Å². The van der Waals surface area contributed by atoms with E-state index in [1.807, 2.05) is 13.8 Å². The van der Waals surface area contributed by atoms with Gasteiger partial charge < -0.3 is 15.2 Å². The fraction of sp³-hybridized carbons (Fsp3) is 0.200. The van der Waals surface area contributed by atoms with Crippen molar-refractivity contribution in [3.63, 3.8) is 0 Å². The number of aromatic nitrogens is 5. The number of aryl methyl sites for hydroxylation is 3. The molecule has 0 radical (unpaired) electrons. The molecule has 11 heteroatoms. The highest BCUT2D eigenvalue weighted by Gasteiger charge is 2.18. The summed E-state index contributed by atoms with van der Waals surface area (Å²) in [6.07, 6.45) is 1.57. The standard InChI is InChI=1S/C20H20ClN7O2S/c1-10-7-16(23-11(2)22-10)25-17-9-14(18-19(26-17)27-28(3)20(18)29)24-13-6-5-12(21)8-15(13)31(4)30/h5-9H,1-4H3,(H3,22,23,24,25,26,27). The molecule has 1 aromatic carbocycles. The van der Waals surface area contributed by atoms with Gasteiger partial charge in [0.25, 0.3) is 5.56 Å². The van der Waals surface area contributed by atoms with Gasteiger partial charge in [-0.15, -0.1) is 0 Å². The van der Waals surface area contributed by atoms with Crippen molar-refractivity contribution in [1.29, 1.82) is 0 Å². The molecule has 0 aliphatic rings. The highest BCUT2D eigenvalue weighted by atomic mass is 35.5. The first kappa shape index (κ1) is 21.2. The predicted molar refractivity (Wildman–Crippen MR) is 123 cm³/mol. The number of aromatic amines is 1. The van der Waals surface area contributed by atoms with E-state index in [0.29, 0.717) is 49.8 Å². The lowest BCUT2D eigenvalue weighted by atomic mass is 10.2. The van der Waals surface area contributed by atoms with Gasteiger partial charge in [0, 0.05) is 36.0 Å². The Morgan fingerprint density at radius 2 is 1.81 bits per heavy atom. The van der Waals surface area contributed by atoms with Crippen molar-refractivity contribution < 1.29 is 4.55 Å². The number of hydrogen-bond donors (Lipinski definition) is 3. The molecule has 4 rings (SSSR count). The molecule has 0 bridgehead atoms. The van der Waals surface area contributed by atoms with Crippen molar-refractivity contribution in [3.8, 4) is 0 Å². The minimum atomic E-state index is -1.29. The van der Waals surface area contributed by atoms with Gasteiger partial charge in [0.2, 0.25) is 0 Å². The second kappa shape index (κ2) is 8.22. The Morgan fingerprint density at radius 1 is 1.06 bits per heavy atom. The Kier molecular flexibility index (Phi) is 5.61. The molecular formula is C20H20ClN7O2S. The molecule has 3 aromatic heterocycles. The molecule has 1 atom stereocenters. The van der Waals surface area contributed by atoms with Gasteiger partial charge in [0.1, 0.15) is 29.1 Å². The van der Waals surface area contributed by atoms with Crippen LogP contribution in [0.25, 0.3) is 11.0 Å². The Labute approximate surface area is 186 Å². The third-order valence-corrected chi connectivity index (χ3v) is 5.75. The highest BCUT2D eigenvalue weighted by Crippen LogP contribution is 2.31. The maximum atomic E-state index is 12.7. The van der Waals surface area contributed by atoms with Gasteiger partial charge in [-0.25, -0.2) is 15.0 Å². The molecule has 0 saturated carbocycles. The van der Waals surface area contributed by atoms with E-state index in [-0.39, 0.29) is 5.56 Å². The summed E-state index contributed by atoms with van der Waals surface area (Å²) in [5, 5.41) is 10.2. The second-order valence-electron chi connectivity index (χ2n) is 7.04. The van der Waals surface area contributed by atoms with Gasteiger partial charge in [-0.2, -0.15) is 0 Å². The number of pyridine rings is 1. The van der Waals surface area contributed by atoms with Crippen LogP contribution in [-0.4, -0.2) is 35.5 Å². The van der Waals surface area contributed by atoms with Crippen molar-refractivity contribution >= 4 is 56.8 Å². The van der Waals surface area contributed by atoms with Crippen molar-refractivity contribution in [1.82, 2.24) is 24.7 Å². The molecule has 1 unspecified atom stereocenters. The normalized spacial score (nSPS) is 12.2. The Bertz CT molecular complexity index is 1330. The summed E-state index contributed by atoms with van der Waals surface area (Å²) in [6.45, 7) is 3.69. The second-order valence-corrected chi connectivity index (χ2v) is 8.83. The summed E-state index contributed by atoms with van der Waals surface area (Å²) in [5.41, 5.74) is 2.07. The molecule has 0 saturated heterocycles. The largest absolute Gasteiger partial charge is 0.612 e. The van der Waals surface area contributed by atoms with E-state index in [0.717, 1.165) is 5.69 Å². The molecule has 0 aliphatic carbocycles. The zero-order chi connectivity index (χ0) is 22.3. The van der Waals surface area contributed by atoms with Crippen LogP contribution in [0.15, 0.2) is 40.0 Å². The maximum Gasteiger partial charge on any atom is 0.277 e. The minimum absolute atomic E-state index is 0.238. The van der Waals surface area contributed by atoms with Crippen LogP contribution in [0.3, 0.4) is 0 Å². The summed E-state index contributed by atoms with van der Waals surface area (Å²) in [5.74, 6) is 1.69. The smallest absolute Gasteiger partial charge is 0.277 e. The monoisotopic (exact) mass is 457 g/mol. The van der Waals surface area contributed by atoms with Crippen molar-refractivity contribution in [3.05, 3.63) is 57.2 Å². The van der Waals surface area contributed by atoms with Gasteiger partial charge in [0.15, 0.2) is 10.5 Å². The Hall–Kier alpha value is -3.08. The number of hydrogen-bond acceptors (Lipinski definition) is 7. The van der Waals surface area contributed by atoms with Gasteiger partial charge >= 0.3 is 0 Å². The number of H-pyrrole nitrogens is 1. The number of fused-ring (bicyclic) bond motifs is 1. The van der Waals surface area contributed by atoms with E-state index in [1.54, 1.807) is 43.6 Å². The molecule has 0 aliphatic heterocycles. The first-order valence-corrected chi connectivity index (χ1v) is 11.2. The van der Waals surface area contributed by atoms with Crippen molar-refractivity contribution in [2.24, 2.45) is 7.05 Å². The molecule has 0 fully saturated rings. The predicted octanol–water partition coefficient (Wildman–Crippen LogP) is 3.55.